The van der Waals surface area contributed by atoms with E-state index in [-0.39, 0.29) is 54.6 Å². The summed E-state index contributed by atoms with van der Waals surface area (Å²) >= 11 is 1.70. The van der Waals surface area contributed by atoms with Gasteiger partial charge in [-0.3, -0.25) is 9.59 Å². The van der Waals surface area contributed by atoms with Crippen molar-refractivity contribution < 1.29 is 9.59 Å². The van der Waals surface area contributed by atoms with Crippen LogP contribution >= 0.6 is 36.2 Å². The Hall–Kier alpha value is -0.890. The number of amides is 2. The van der Waals surface area contributed by atoms with Crippen LogP contribution in [0.3, 0.4) is 0 Å². The van der Waals surface area contributed by atoms with Crippen LogP contribution in [0.4, 0.5) is 0 Å². The van der Waals surface area contributed by atoms with Crippen molar-refractivity contribution in [1.29, 1.82) is 0 Å². The highest BCUT2D eigenvalue weighted by molar-refractivity contribution is 7.11. The molecule has 0 aliphatic carbocycles. The molecule has 4 atom stereocenters. The number of carbonyl (C=O) groups is 2. The maximum atomic E-state index is 13.0. The molecule has 2 amide bonds. The molecule has 9 heteroatoms. The van der Waals surface area contributed by atoms with Crippen LogP contribution in [0.25, 0.3) is 0 Å². The second kappa shape index (κ2) is 9.74. The highest BCUT2D eigenvalue weighted by Gasteiger charge is 2.50. The summed E-state index contributed by atoms with van der Waals surface area (Å²) < 4.78 is 0. The van der Waals surface area contributed by atoms with Gasteiger partial charge in [0, 0.05) is 42.8 Å². The Morgan fingerprint density at radius 1 is 1.29 bits per heavy atom. The molecule has 28 heavy (non-hydrogen) atoms. The number of nitrogens with zero attached hydrogens (tertiary/aromatic N) is 2. The van der Waals surface area contributed by atoms with Crippen molar-refractivity contribution in [2.24, 2.45) is 11.8 Å². The third kappa shape index (κ3) is 4.48. The molecule has 3 saturated heterocycles. The fourth-order valence-electron chi connectivity index (χ4n) is 4.89. The molecule has 3 aliphatic heterocycles. The molecule has 4 rings (SSSR count). The standard InChI is InChI=1S/C19H28N4O2S.2ClH/c1-11-12(2)26-16(22-11)6-7-21-19(25)18-14-8-13(9-20-10-14)15-4-3-5-17(24)23(15)18;;/h13-15,18,20H,3-10H2,1-2H3,(H,21,25);2*1H/t13-,14+,15+,18-;;/m1../s1. The normalized spacial score (nSPS) is 28.6. The molecule has 1 aromatic rings. The maximum absolute atomic E-state index is 13.0. The SMILES string of the molecule is Cc1nc(CCNC(=O)[C@H]2[C@@H]3CNC[C@@H](C3)[C@@H]3CCCC(=O)N32)sc1C.Cl.Cl. The summed E-state index contributed by atoms with van der Waals surface area (Å²) in [6, 6.07) is -0.0723. The second-order valence-electron chi connectivity index (χ2n) is 7.91. The first-order valence-electron chi connectivity index (χ1n) is 9.77. The number of thiazole rings is 1. The number of nitrogens with one attached hydrogen (secondary N) is 2. The summed E-state index contributed by atoms with van der Waals surface area (Å²) in [5, 5.41) is 7.64. The van der Waals surface area contributed by atoms with Gasteiger partial charge in [0.15, 0.2) is 0 Å². The molecule has 1 aromatic heterocycles. The zero-order valence-corrected chi connectivity index (χ0v) is 18.9. The van der Waals surface area contributed by atoms with E-state index in [1.807, 2.05) is 11.8 Å². The summed E-state index contributed by atoms with van der Waals surface area (Å²) in [4.78, 5) is 33.4. The Labute approximate surface area is 183 Å². The number of carbonyl (C=O) groups excluding carboxylic acids is 2. The van der Waals surface area contributed by atoms with Crippen LogP contribution in [0.5, 0.6) is 0 Å². The highest BCUT2D eigenvalue weighted by atomic mass is 35.5. The molecular formula is C19H30Cl2N4O2S. The van der Waals surface area contributed by atoms with Gasteiger partial charge < -0.3 is 15.5 Å². The molecule has 6 nitrogen and oxygen atoms in total. The summed E-state index contributed by atoms with van der Waals surface area (Å²) in [5.41, 5.74) is 1.07. The fourth-order valence-corrected chi connectivity index (χ4v) is 5.83. The van der Waals surface area contributed by atoms with E-state index < -0.39 is 0 Å². The van der Waals surface area contributed by atoms with Gasteiger partial charge in [0.1, 0.15) is 6.04 Å². The minimum absolute atomic E-state index is 0. The Kier molecular flexibility index (Phi) is 8.14. The summed E-state index contributed by atoms with van der Waals surface area (Å²) in [5.74, 6) is 0.922. The first-order valence-corrected chi connectivity index (χ1v) is 10.6. The molecule has 2 bridgehead atoms. The lowest BCUT2D eigenvalue weighted by Gasteiger charge is -2.53. The largest absolute Gasteiger partial charge is 0.354 e. The van der Waals surface area contributed by atoms with Gasteiger partial charge in [-0.05, 0) is 45.6 Å². The number of fused-ring (bicyclic) bond motifs is 4. The third-order valence-corrected chi connectivity index (χ3v) is 7.36. The van der Waals surface area contributed by atoms with E-state index in [1.165, 1.54) is 4.88 Å². The molecule has 0 unspecified atom stereocenters. The maximum Gasteiger partial charge on any atom is 0.243 e. The van der Waals surface area contributed by atoms with Crippen molar-refractivity contribution in [1.82, 2.24) is 20.5 Å². The Balaban J connectivity index is 0.00000140. The zero-order valence-electron chi connectivity index (χ0n) is 16.4. The summed E-state index contributed by atoms with van der Waals surface area (Å²) in [6.07, 6.45) is 4.39. The van der Waals surface area contributed by atoms with Crippen molar-refractivity contribution >= 4 is 48.0 Å². The van der Waals surface area contributed by atoms with Gasteiger partial charge in [0.25, 0.3) is 0 Å². The molecule has 4 heterocycles. The average molecular weight is 449 g/mol. The number of aromatic nitrogens is 1. The lowest BCUT2D eigenvalue weighted by Crippen LogP contribution is -2.68. The molecule has 2 N–H and O–H groups in total. The third-order valence-electron chi connectivity index (χ3n) is 6.22. The minimum Gasteiger partial charge on any atom is -0.354 e. The van der Waals surface area contributed by atoms with Crippen LogP contribution in [0.2, 0.25) is 0 Å². The van der Waals surface area contributed by atoms with E-state index >= 15 is 0 Å². The first-order chi connectivity index (χ1) is 12.5. The van der Waals surface area contributed by atoms with Crippen LogP contribution in [0, 0.1) is 25.7 Å². The van der Waals surface area contributed by atoms with Gasteiger partial charge in [0.05, 0.1) is 10.7 Å². The van der Waals surface area contributed by atoms with Gasteiger partial charge in [-0.2, -0.15) is 0 Å². The lowest BCUT2D eigenvalue weighted by molar-refractivity contribution is -0.157. The minimum atomic E-state index is -0.309. The zero-order chi connectivity index (χ0) is 18.3. The van der Waals surface area contributed by atoms with E-state index in [0.717, 1.165) is 49.5 Å². The lowest BCUT2D eigenvalue weighted by atomic mass is 9.72. The van der Waals surface area contributed by atoms with Crippen molar-refractivity contribution in [3.8, 4) is 0 Å². The highest BCUT2D eigenvalue weighted by Crippen LogP contribution is 2.39. The van der Waals surface area contributed by atoms with Crippen LogP contribution < -0.4 is 10.6 Å². The van der Waals surface area contributed by atoms with Crippen LogP contribution in [-0.4, -0.2) is 53.4 Å². The molecule has 0 radical (unpaired) electrons. The second-order valence-corrected chi connectivity index (χ2v) is 9.20. The molecular weight excluding hydrogens is 419 g/mol. The number of aryl methyl sites for hydroxylation is 2. The predicted octanol–water partition coefficient (Wildman–Crippen LogP) is 2.25. The number of piperidine rings is 3. The predicted molar refractivity (Wildman–Crippen MR) is 116 cm³/mol. The molecule has 3 fully saturated rings. The quantitative estimate of drug-likeness (QED) is 0.740. The van der Waals surface area contributed by atoms with Gasteiger partial charge in [-0.1, -0.05) is 0 Å². The van der Waals surface area contributed by atoms with Crippen LogP contribution in [-0.2, 0) is 16.0 Å². The average Bonchev–Trinajstić information content (AvgIpc) is 2.94. The topological polar surface area (TPSA) is 74.3 Å². The molecule has 0 aromatic carbocycles. The number of hydrogen-bond donors (Lipinski definition) is 2. The Morgan fingerprint density at radius 2 is 2.04 bits per heavy atom. The van der Waals surface area contributed by atoms with Gasteiger partial charge >= 0.3 is 0 Å². The van der Waals surface area contributed by atoms with Crippen molar-refractivity contribution in [3.05, 3.63) is 15.6 Å². The summed E-state index contributed by atoms with van der Waals surface area (Å²) in [7, 11) is 0. The van der Waals surface area contributed by atoms with E-state index in [1.54, 1.807) is 11.3 Å². The fraction of sp³-hybridized carbons (Fsp3) is 0.737. The summed E-state index contributed by atoms with van der Waals surface area (Å²) in [6.45, 7) is 6.48. The Bertz CT molecular complexity index is 695. The Morgan fingerprint density at radius 3 is 2.75 bits per heavy atom. The number of rotatable bonds is 4. The van der Waals surface area contributed by atoms with E-state index in [2.05, 4.69) is 22.5 Å². The monoisotopic (exact) mass is 448 g/mol. The van der Waals surface area contributed by atoms with Crippen molar-refractivity contribution in [3.63, 3.8) is 0 Å². The van der Waals surface area contributed by atoms with Crippen LogP contribution in [0.1, 0.15) is 41.3 Å². The van der Waals surface area contributed by atoms with Crippen molar-refractivity contribution in [2.75, 3.05) is 19.6 Å². The number of hydrogen-bond acceptors (Lipinski definition) is 5. The first kappa shape index (κ1) is 23.4. The molecule has 0 saturated carbocycles. The van der Waals surface area contributed by atoms with E-state index in [4.69, 9.17) is 0 Å². The molecule has 158 valence electrons. The van der Waals surface area contributed by atoms with E-state index in [0.29, 0.717) is 18.9 Å². The van der Waals surface area contributed by atoms with Gasteiger partial charge in [-0.15, -0.1) is 36.2 Å². The van der Waals surface area contributed by atoms with Crippen LogP contribution in [0.15, 0.2) is 0 Å². The number of halogens is 2. The van der Waals surface area contributed by atoms with Gasteiger partial charge in [-0.25, -0.2) is 4.98 Å². The van der Waals surface area contributed by atoms with Gasteiger partial charge in [0.2, 0.25) is 11.8 Å². The van der Waals surface area contributed by atoms with Crippen molar-refractivity contribution in [2.45, 2.75) is 58.0 Å². The smallest absolute Gasteiger partial charge is 0.243 e. The molecule has 3 aliphatic rings. The molecule has 0 spiro atoms. The van der Waals surface area contributed by atoms with E-state index in [9.17, 15) is 9.59 Å².